The van der Waals surface area contributed by atoms with E-state index in [4.69, 9.17) is 0 Å². The summed E-state index contributed by atoms with van der Waals surface area (Å²) in [5.74, 6) is 0.346. The Bertz CT molecular complexity index is 409. The van der Waals surface area contributed by atoms with Crippen molar-refractivity contribution >= 4 is 5.97 Å². The summed E-state index contributed by atoms with van der Waals surface area (Å²) in [5.41, 5.74) is 1.19. The predicted octanol–water partition coefficient (Wildman–Crippen LogP) is 2.43. The molecular formula is C12H18N2O2. The van der Waals surface area contributed by atoms with Crippen LogP contribution in [0.15, 0.2) is 0 Å². The number of hydrogen-bond donors (Lipinski definition) is 1. The highest BCUT2D eigenvalue weighted by Gasteiger charge is 2.26. The van der Waals surface area contributed by atoms with Gasteiger partial charge in [-0.1, -0.05) is 13.8 Å². The second-order valence-electron chi connectivity index (χ2n) is 4.49. The van der Waals surface area contributed by atoms with E-state index in [1.807, 2.05) is 11.5 Å². The lowest BCUT2D eigenvalue weighted by Gasteiger charge is -2.14. The highest BCUT2D eigenvalue weighted by Crippen LogP contribution is 2.26. The lowest BCUT2D eigenvalue weighted by atomic mass is 10.0. The molecule has 0 amide bonds. The monoisotopic (exact) mass is 222 g/mol. The van der Waals surface area contributed by atoms with Crippen molar-refractivity contribution in [3.05, 3.63) is 17.2 Å². The molecule has 0 saturated heterocycles. The third-order valence-electron chi connectivity index (χ3n) is 3.39. The molecule has 0 spiro atoms. The molecule has 0 radical (unpaired) electrons. The first-order valence-corrected chi connectivity index (χ1v) is 5.97. The fourth-order valence-electron chi connectivity index (χ4n) is 2.27. The van der Waals surface area contributed by atoms with Crippen LogP contribution in [0, 0.1) is 0 Å². The van der Waals surface area contributed by atoms with Crippen molar-refractivity contribution in [3.63, 3.8) is 0 Å². The maximum atomic E-state index is 11.3. The molecule has 0 aliphatic carbocycles. The normalized spacial score (nSPS) is 16.9. The Morgan fingerprint density at radius 1 is 1.56 bits per heavy atom. The van der Waals surface area contributed by atoms with Crippen molar-refractivity contribution in [2.24, 2.45) is 0 Å². The second-order valence-corrected chi connectivity index (χ2v) is 4.49. The van der Waals surface area contributed by atoms with Crippen molar-refractivity contribution in [2.75, 3.05) is 0 Å². The minimum atomic E-state index is -0.837. The number of imidazole rings is 1. The second kappa shape index (κ2) is 4.28. The van der Waals surface area contributed by atoms with Crippen molar-refractivity contribution in [1.82, 2.24) is 9.55 Å². The topological polar surface area (TPSA) is 55.1 Å². The molecule has 1 aliphatic heterocycles. The zero-order valence-corrected chi connectivity index (χ0v) is 9.86. The van der Waals surface area contributed by atoms with Crippen LogP contribution < -0.4 is 0 Å². The van der Waals surface area contributed by atoms with Crippen LogP contribution >= 0.6 is 0 Å². The van der Waals surface area contributed by atoms with Crippen LogP contribution in [-0.2, 0) is 13.0 Å². The molecule has 16 heavy (non-hydrogen) atoms. The van der Waals surface area contributed by atoms with E-state index in [-0.39, 0.29) is 5.92 Å². The number of nitrogens with zero attached hydrogens (tertiary/aromatic N) is 2. The van der Waals surface area contributed by atoms with Gasteiger partial charge in [0.2, 0.25) is 0 Å². The van der Waals surface area contributed by atoms with E-state index in [2.05, 4.69) is 11.9 Å². The van der Waals surface area contributed by atoms with Crippen LogP contribution in [0.5, 0.6) is 0 Å². The summed E-state index contributed by atoms with van der Waals surface area (Å²) in [5, 5.41) is 9.29. The number of rotatable bonds is 3. The maximum Gasteiger partial charge on any atom is 0.354 e. The van der Waals surface area contributed by atoms with Crippen LogP contribution in [0.3, 0.4) is 0 Å². The first-order chi connectivity index (χ1) is 7.65. The van der Waals surface area contributed by atoms with Crippen LogP contribution in [-0.4, -0.2) is 20.6 Å². The van der Waals surface area contributed by atoms with Gasteiger partial charge in [-0.05, 0) is 19.3 Å². The van der Waals surface area contributed by atoms with Crippen LogP contribution in [0.1, 0.15) is 61.0 Å². The SMILES string of the molecule is CC[C@H](C)c1nc2n(c1C(=O)O)CCCC2. The molecule has 88 valence electrons. The Morgan fingerprint density at radius 3 is 2.94 bits per heavy atom. The number of fused-ring (bicyclic) bond motifs is 1. The van der Waals surface area contributed by atoms with Gasteiger partial charge in [-0.25, -0.2) is 9.78 Å². The molecule has 4 heteroatoms. The smallest absolute Gasteiger partial charge is 0.354 e. The van der Waals surface area contributed by atoms with Gasteiger partial charge in [0.05, 0.1) is 5.69 Å². The molecule has 0 unspecified atom stereocenters. The number of carboxylic acid groups (broad SMARTS) is 1. The van der Waals surface area contributed by atoms with Crippen molar-refractivity contribution < 1.29 is 9.90 Å². The maximum absolute atomic E-state index is 11.3. The van der Waals surface area contributed by atoms with Gasteiger partial charge in [0.15, 0.2) is 5.69 Å². The van der Waals surface area contributed by atoms with E-state index in [1.165, 1.54) is 0 Å². The Balaban J connectivity index is 2.51. The highest BCUT2D eigenvalue weighted by atomic mass is 16.4. The molecule has 0 fully saturated rings. The van der Waals surface area contributed by atoms with Crippen molar-refractivity contribution in [1.29, 1.82) is 0 Å². The summed E-state index contributed by atoms with van der Waals surface area (Å²) >= 11 is 0. The van der Waals surface area contributed by atoms with E-state index < -0.39 is 5.97 Å². The number of aryl methyl sites for hydroxylation is 1. The Labute approximate surface area is 95.3 Å². The molecule has 0 aromatic carbocycles. The van der Waals surface area contributed by atoms with Crippen LogP contribution in [0.25, 0.3) is 0 Å². The van der Waals surface area contributed by atoms with E-state index in [9.17, 15) is 9.90 Å². The standard InChI is InChI=1S/C12H18N2O2/c1-3-8(2)10-11(12(15)16)14-7-5-4-6-9(14)13-10/h8H,3-7H2,1-2H3,(H,15,16)/t8-/m0/s1. The molecule has 1 aromatic rings. The minimum absolute atomic E-state index is 0.226. The minimum Gasteiger partial charge on any atom is -0.477 e. The average molecular weight is 222 g/mol. The Kier molecular flexibility index (Phi) is 2.99. The summed E-state index contributed by atoms with van der Waals surface area (Å²) in [6.45, 7) is 4.91. The third kappa shape index (κ3) is 1.72. The molecular weight excluding hydrogens is 204 g/mol. The summed E-state index contributed by atoms with van der Waals surface area (Å²) < 4.78 is 1.90. The molecule has 2 rings (SSSR count). The van der Waals surface area contributed by atoms with Gasteiger partial charge in [-0.2, -0.15) is 0 Å². The third-order valence-corrected chi connectivity index (χ3v) is 3.39. The first kappa shape index (κ1) is 11.2. The van der Waals surface area contributed by atoms with Crippen LogP contribution in [0.4, 0.5) is 0 Å². The van der Waals surface area contributed by atoms with Gasteiger partial charge in [0, 0.05) is 18.9 Å². The number of hydrogen-bond acceptors (Lipinski definition) is 2. The summed E-state index contributed by atoms with van der Waals surface area (Å²) in [4.78, 5) is 15.8. The van der Waals surface area contributed by atoms with Gasteiger partial charge in [0.1, 0.15) is 5.82 Å². The summed E-state index contributed by atoms with van der Waals surface area (Å²) in [7, 11) is 0. The zero-order chi connectivity index (χ0) is 11.7. The van der Waals surface area contributed by atoms with Crippen molar-refractivity contribution in [2.45, 2.75) is 52.0 Å². The molecule has 2 heterocycles. The number of carbonyl (C=O) groups is 1. The molecule has 1 aromatic heterocycles. The molecule has 0 saturated carbocycles. The predicted molar refractivity (Wildman–Crippen MR) is 60.8 cm³/mol. The lowest BCUT2D eigenvalue weighted by Crippen LogP contribution is -2.16. The fraction of sp³-hybridized carbons (Fsp3) is 0.667. The fourth-order valence-corrected chi connectivity index (χ4v) is 2.27. The van der Waals surface area contributed by atoms with Gasteiger partial charge < -0.3 is 9.67 Å². The zero-order valence-electron chi connectivity index (χ0n) is 9.86. The summed E-state index contributed by atoms with van der Waals surface area (Å²) in [6, 6.07) is 0. The van der Waals surface area contributed by atoms with Gasteiger partial charge in [-0.15, -0.1) is 0 Å². The van der Waals surface area contributed by atoms with Gasteiger partial charge >= 0.3 is 5.97 Å². The molecule has 4 nitrogen and oxygen atoms in total. The molecule has 1 N–H and O–H groups in total. The largest absolute Gasteiger partial charge is 0.477 e. The van der Waals surface area contributed by atoms with Crippen LogP contribution in [0.2, 0.25) is 0 Å². The van der Waals surface area contributed by atoms with E-state index in [0.29, 0.717) is 5.69 Å². The average Bonchev–Trinajstić information content (AvgIpc) is 2.67. The van der Waals surface area contributed by atoms with Crippen molar-refractivity contribution in [3.8, 4) is 0 Å². The molecule has 0 bridgehead atoms. The summed E-state index contributed by atoms with van der Waals surface area (Å²) in [6.07, 6.45) is 4.02. The Morgan fingerprint density at radius 2 is 2.31 bits per heavy atom. The lowest BCUT2D eigenvalue weighted by molar-refractivity contribution is 0.0682. The highest BCUT2D eigenvalue weighted by molar-refractivity contribution is 5.87. The Hall–Kier alpha value is -1.32. The number of aromatic nitrogens is 2. The van der Waals surface area contributed by atoms with Gasteiger partial charge in [-0.3, -0.25) is 0 Å². The van der Waals surface area contributed by atoms with E-state index in [1.54, 1.807) is 0 Å². The number of carboxylic acids is 1. The quantitative estimate of drug-likeness (QED) is 0.854. The van der Waals surface area contributed by atoms with E-state index in [0.717, 1.165) is 43.7 Å². The van der Waals surface area contributed by atoms with Gasteiger partial charge in [0.25, 0.3) is 0 Å². The molecule has 1 atom stereocenters. The first-order valence-electron chi connectivity index (χ1n) is 5.97. The van der Waals surface area contributed by atoms with E-state index >= 15 is 0 Å². The molecule has 1 aliphatic rings. The number of aromatic carboxylic acids is 1.